The molecule has 2 aromatic rings. The van der Waals surface area contributed by atoms with Crippen LogP contribution in [0.15, 0.2) is 28.7 Å². The van der Waals surface area contributed by atoms with Crippen molar-refractivity contribution in [3.8, 4) is 0 Å². The van der Waals surface area contributed by atoms with E-state index < -0.39 is 0 Å². The monoisotopic (exact) mass is 299 g/mol. The first-order chi connectivity index (χ1) is 10.6. The molecule has 1 aliphatic carbocycles. The predicted octanol–water partition coefficient (Wildman–Crippen LogP) is 4.06. The molecule has 1 aromatic carbocycles. The molecule has 3 rings (SSSR count). The second-order valence-electron chi connectivity index (χ2n) is 6.70. The number of benzene rings is 1. The molecule has 1 heterocycles. The first-order valence-corrected chi connectivity index (χ1v) is 8.23. The van der Waals surface area contributed by atoms with Crippen molar-refractivity contribution >= 4 is 0 Å². The third kappa shape index (κ3) is 3.07. The fraction of sp³-hybridized carbons (Fsp3) is 0.556. The lowest BCUT2D eigenvalue weighted by atomic mass is 9.87. The summed E-state index contributed by atoms with van der Waals surface area (Å²) in [5, 5.41) is 12.0. The molecule has 1 saturated carbocycles. The van der Waals surface area contributed by atoms with Crippen molar-refractivity contribution in [3.63, 3.8) is 0 Å². The Balaban J connectivity index is 1.77. The standard InChI is InChI=1S/C18H25N3O/c1-13(2)17-21-20-16(22-17)12-19-18(9-4-5-10-18)15-8-6-7-14(3)11-15/h6-8,11,13,19H,4-5,9-10,12H2,1-3H3. The molecule has 0 atom stereocenters. The molecular weight excluding hydrogens is 274 g/mol. The molecule has 0 amide bonds. The molecule has 22 heavy (non-hydrogen) atoms. The van der Waals surface area contributed by atoms with E-state index in [0.29, 0.717) is 18.3 Å². The van der Waals surface area contributed by atoms with Gasteiger partial charge in [0.25, 0.3) is 0 Å². The summed E-state index contributed by atoms with van der Waals surface area (Å²) in [6, 6.07) is 8.83. The van der Waals surface area contributed by atoms with Crippen molar-refractivity contribution in [2.45, 2.75) is 64.5 Å². The summed E-state index contributed by atoms with van der Waals surface area (Å²) in [5.41, 5.74) is 2.75. The lowest BCUT2D eigenvalue weighted by Crippen LogP contribution is -2.39. The number of hydrogen-bond acceptors (Lipinski definition) is 4. The molecule has 1 N–H and O–H groups in total. The minimum Gasteiger partial charge on any atom is -0.424 e. The molecule has 0 spiro atoms. The molecule has 1 fully saturated rings. The van der Waals surface area contributed by atoms with Gasteiger partial charge in [-0.25, -0.2) is 0 Å². The van der Waals surface area contributed by atoms with E-state index in [4.69, 9.17) is 4.42 Å². The van der Waals surface area contributed by atoms with Crippen LogP contribution in [0.4, 0.5) is 0 Å². The molecule has 0 radical (unpaired) electrons. The topological polar surface area (TPSA) is 51.0 Å². The summed E-state index contributed by atoms with van der Waals surface area (Å²) in [6.45, 7) is 6.92. The van der Waals surface area contributed by atoms with Crippen LogP contribution in [-0.2, 0) is 12.1 Å². The number of aryl methyl sites for hydroxylation is 1. The second-order valence-corrected chi connectivity index (χ2v) is 6.70. The SMILES string of the molecule is Cc1cccc(C2(NCc3nnc(C(C)C)o3)CCCC2)c1. The van der Waals surface area contributed by atoms with Gasteiger partial charge in [-0.1, -0.05) is 56.5 Å². The highest BCUT2D eigenvalue weighted by Crippen LogP contribution is 2.39. The molecule has 1 aromatic heterocycles. The molecule has 0 aliphatic heterocycles. The van der Waals surface area contributed by atoms with Gasteiger partial charge in [-0.3, -0.25) is 5.32 Å². The van der Waals surface area contributed by atoms with E-state index >= 15 is 0 Å². The van der Waals surface area contributed by atoms with E-state index in [1.165, 1.54) is 36.8 Å². The van der Waals surface area contributed by atoms with E-state index in [1.807, 2.05) is 0 Å². The maximum absolute atomic E-state index is 5.72. The van der Waals surface area contributed by atoms with Gasteiger partial charge in [0.15, 0.2) is 0 Å². The van der Waals surface area contributed by atoms with Gasteiger partial charge in [-0.05, 0) is 25.3 Å². The first-order valence-electron chi connectivity index (χ1n) is 8.23. The molecule has 1 aliphatic rings. The Hall–Kier alpha value is -1.68. The van der Waals surface area contributed by atoms with Crippen LogP contribution in [0.3, 0.4) is 0 Å². The van der Waals surface area contributed by atoms with Gasteiger partial charge in [0.05, 0.1) is 6.54 Å². The Morgan fingerprint density at radius 2 is 2.00 bits per heavy atom. The largest absolute Gasteiger partial charge is 0.424 e. The van der Waals surface area contributed by atoms with Crippen LogP contribution in [0, 0.1) is 6.92 Å². The lowest BCUT2D eigenvalue weighted by Gasteiger charge is -2.31. The van der Waals surface area contributed by atoms with Crippen molar-refractivity contribution in [1.29, 1.82) is 0 Å². The van der Waals surface area contributed by atoms with Gasteiger partial charge in [-0.2, -0.15) is 0 Å². The van der Waals surface area contributed by atoms with Gasteiger partial charge in [0, 0.05) is 11.5 Å². The van der Waals surface area contributed by atoms with Gasteiger partial charge >= 0.3 is 0 Å². The quantitative estimate of drug-likeness (QED) is 0.904. The van der Waals surface area contributed by atoms with Crippen LogP contribution in [0.2, 0.25) is 0 Å². The Morgan fingerprint density at radius 1 is 1.23 bits per heavy atom. The van der Waals surface area contributed by atoms with Crippen molar-refractivity contribution < 1.29 is 4.42 Å². The number of nitrogens with one attached hydrogen (secondary N) is 1. The summed E-state index contributed by atoms with van der Waals surface area (Å²) >= 11 is 0. The minimum atomic E-state index is 0.0541. The van der Waals surface area contributed by atoms with Crippen LogP contribution in [0.1, 0.15) is 68.4 Å². The number of nitrogens with zero attached hydrogens (tertiary/aromatic N) is 2. The Morgan fingerprint density at radius 3 is 2.64 bits per heavy atom. The van der Waals surface area contributed by atoms with Crippen LogP contribution in [-0.4, -0.2) is 10.2 Å². The average Bonchev–Trinajstić information content (AvgIpc) is 3.15. The second kappa shape index (κ2) is 6.21. The summed E-state index contributed by atoms with van der Waals surface area (Å²) in [6.07, 6.45) is 4.87. The van der Waals surface area contributed by atoms with E-state index in [0.717, 1.165) is 0 Å². The number of aromatic nitrogens is 2. The maximum atomic E-state index is 5.72. The van der Waals surface area contributed by atoms with Crippen LogP contribution in [0.5, 0.6) is 0 Å². The van der Waals surface area contributed by atoms with E-state index in [-0.39, 0.29) is 11.5 Å². The smallest absolute Gasteiger partial charge is 0.230 e. The molecule has 0 unspecified atom stereocenters. The molecule has 4 heteroatoms. The highest BCUT2D eigenvalue weighted by atomic mass is 16.4. The minimum absolute atomic E-state index is 0.0541. The Labute approximate surface area is 132 Å². The number of hydrogen-bond donors (Lipinski definition) is 1. The highest BCUT2D eigenvalue weighted by molar-refractivity contribution is 5.30. The summed E-state index contributed by atoms with van der Waals surface area (Å²) < 4.78 is 5.72. The van der Waals surface area contributed by atoms with Crippen molar-refractivity contribution in [1.82, 2.24) is 15.5 Å². The molecule has 4 nitrogen and oxygen atoms in total. The summed E-state index contributed by atoms with van der Waals surface area (Å²) in [4.78, 5) is 0. The maximum Gasteiger partial charge on any atom is 0.230 e. The van der Waals surface area contributed by atoms with E-state index in [2.05, 4.69) is 60.6 Å². The molecule has 118 valence electrons. The fourth-order valence-corrected chi connectivity index (χ4v) is 3.30. The van der Waals surface area contributed by atoms with Gasteiger partial charge in [0.1, 0.15) is 0 Å². The third-order valence-corrected chi connectivity index (χ3v) is 4.58. The van der Waals surface area contributed by atoms with Gasteiger partial charge in [0.2, 0.25) is 11.8 Å². The molecule has 0 bridgehead atoms. The normalized spacial score (nSPS) is 17.3. The van der Waals surface area contributed by atoms with Crippen LogP contribution < -0.4 is 5.32 Å². The van der Waals surface area contributed by atoms with E-state index in [9.17, 15) is 0 Å². The molecular formula is C18H25N3O. The molecule has 0 saturated heterocycles. The van der Waals surface area contributed by atoms with E-state index in [1.54, 1.807) is 0 Å². The van der Waals surface area contributed by atoms with Gasteiger partial charge < -0.3 is 4.42 Å². The average molecular weight is 299 g/mol. The van der Waals surface area contributed by atoms with Crippen molar-refractivity contribution in [3.05, 3.63) is 47.2 Å². The van der Waals surface area contributed by atoms with Crippen molar-refractivity contribution in [2.24, 2.45) is 0 Å². The van der Waals surface area contributed by atoms with Crippen molar-refractivity contribution in [2.75, 3.05) is 0 Å². The van der Waals surface area contributed by atoms with Crippen LogP contribution in [0.25, 0.3) is 0 Å². The third-order valence-electron chi connectivity index (χ3n) is 4.58. The fourth-order valence-electron chi connectivity index (χ4n) is 3.30. The zero-order valence-corrected chi connectivity index (χ0v) is 13.7. The lowest BCUT2D eigenvalue weighted by molar-refractivity contribution is 0.312. The zero-order chi connectivity index (χ0) is 15.6. The summed E-state index contributed by atoms with van der Waals surface area (Å²) in [7, 11) is 0. The Bertz CT molecular complexity index is 627. The Kier molecular flexibility index (Phi) is 4.30. The highest BCUT2D eigenvalue weighted by Gasteiger charge is 2.35. The zero-order valence-electron chi connectivity index (χ0n) is 13.7. The predicted molar refractivity (Wildman–Crippen MR) is 86.6 cm³/mol. The van der Waals surface area contributed by atoms with Crippen LogP contribution >= 0.6 is 0 Å². The van der Waals surface area contributed by atoms with Gasteiger partial charge in [-0.15, -0.1) is 10.2 Å². The number of rotatable bonds is 5. The summed E-state index contributed by atoms with van der Waals surface area (Å²) in [5.74, 6) is 1.67. The first kappa shape index (κ1) is 15.2.